The second-order valence-corrected chi connectivity index (χ2v) is 2.76. The van der Waals surface area contributed by atoms with Crippen molar-refractivity contribution in [2.45, 2.75) is 0 Å². The predicted octanol–water partition coefficient (Wildman–Crippen LogP) is 0.655. The van der Waals surface area contributed by atoms with Crippen molar-refractivity contribution in [3.63, 3.8) is 0 Å². The summed E-state index contributed by atoms with van der Waals surface area (Å²) < 4.78 is 3.96. The number of anilines is 1. The Morgan fingerprint density at radius 2 is 2.25 bits per heavy atom. The minimum atomic E-state index is 0.470. The minimum Gasteiger partial charge on any atom is -0.311 e. The van der Waals surface area contributed by atoms with Crippen molar-refractivity contribution in [2.75, 3.05) is 5.32 Å². The molecule has 0 aliphatic rings. The first kappa shape index (κ1) is 7.11. The van der Waals surface area contributed by atoms with Gasteiger partial charge in [0, 0.05) is 12.4 Å². The molecule has 60 valence electrons. The molecule has 0 aromatic carbocycles. The largest absolute Gasteiger partial charge is 0.311 e. The summed E-state index contributed by atoms with van der Waals surface area (Å²) in [5, 5.41) is 2.45. The zero-order valence-corrected chi connectivity index (χ0v) is 6.71. The molecule has 2 rings (SSSR count). The van der Waals surface area contributed by atoms with Gasteiger partial charge in [0.25, 0.3) is 0 Å². The van der Waals surface area contributed by atoms with E-state index in [4.69, 9.17) is 0 Å². The predicted molar refractivity (Wildman–Crippen MR) is 44.9 cm³/mol. The van der Waals surface area contributed by atoms with E-state index in [0.29, 0.717) is 17.7 Å². The van der Waals surface area contributed by atoms with Crippen molar-refractivity contribution in [2.24, 2.45) is 0 Å². The Morgan fingerprint density at radius 1 is 1.42 bits per heavy atom. The number of carbonyl (C=O) groups is 1. The summed E-state index contributed by atoms with van der Waals surface area (Å²) in [5.41, 5.74) is 0.634. The molecule has 0 aliphatic heterocycles. The molecule has 0 unspecified atom stereocenters. The molecule has 2 aromatic rings. The smallest absolute Gasteiger partial charge is 0.212 e. The van der Waals surface area contributed by atoms with Crippen LogP contribution in [0.3, 0.4) is 0 Å². The summed E-state index contributed by atoms with van der Waals surface area (Å²) in [7, 11) is 0. The molecule has 2 aromatic heterocycles. The first-order valence-corrected chi connectivity index (χ1v) is 3.96. The van der Waals surface area contributed by atoms with Gasteiger partial charge in [-0.3, -0.25) is 4.79 Å². The van der Waals surface area contributed by atoms with Gasteiger partial charge in [0.05, 0.1) is 0 Å². The maximum absolute atomic E-state index is 10.1. The molecular weight excluding hydrogens is 176 g/mol. The quantitative estimate of drug-likeness (QED) is 0.689. The normalized spacial score (nSPS) is 10.0. The number of amides is 1. The lowest BCUT2D eigenvalue weighted by Gasteiger charge is -1.89. The summed E-state index contributed by atoms with van der Waals surface area (Å²) >= 11 is 1.21. The van der Waals surface area contributed by atoms with Crippen molar-refractivity contribution in [3.8, 4) is 0 Å². The molecule has 0 fully saturated rings. The molecule has 1 N–H and O–H groups in total. The van der Waals surface area contributed by atoms with E-state index in [-0.39, 0.29) is 0 Å². The highest BCUT2D eigenvalue weighted by Gasteiger charge is 2.05. The van der Waals surface area contributed by atoms with Crippen LogP contribution in [0.4, 0.5) is 5.82 Å². The van der Waals surface area contributed by atoms with Gasteiger partial charge in [-0.1, -0.05) is 0 Å². The van der Waals surface area contributed by atoms with Crippen molar-refractivity contribution >= 4 is 34.1 Å². The zero-order chi connectivity index (χ0) is 8.39. The summed E-state index contributed by atoms with van der Waals surface area (Å²) in [4.78, 5) is 18.9. The summed E-state index contributed by atoms with van der Waals surface area (Å²) in [6.07, 6.45) is 3.72. The number of rotatable bonds is 2. The first-order valence-electron chi connectivity index (χ1n) is 3.18. The first-order chi connectivity index (χ1) is 5.92. The Labute approximate surface area is 71.6 Å². The molecule has 6 heteroatoms. The van der Waals surface area contributed by atoms with E-state index in [1.807, 2.05) is 0 Å². The van der Waals surface area contributed by atoms with Gasteiger partial charge in [0.1, 0.15) is 5.52 Å². The summed E-state index contributed by atoms with van der Waals surface area (Å²) in [5.74, 6) is 0.470. The Balaban J connectivity index is 2.62. The monoisotopic (exact) mass is 180 g/mol. The van der Waals surface area contributed by atoms with E-state index >= 15 is 0 Å². The van der Waals surface area contributed by atoms with E-state index in [1.54, 1.807) is 12.4 Å². The molecule has 0 atom stereocenters. The lowest BCUT2D eigenvalue weighted by Crippen LogP contribution is -1.94. The van der Waals surface area contributed by atoms with Crippen LogP contribution in [0, 0.1) is 0 Å². The second kappa shape index (κ2) is 2.82. The molecule has 0 saturated heterocycles. The highest BCUT2D eigenvalue weighted by atomic mass is 32.1. The molecule has 0 spiro atoms. The van der Waals surface area contributed by atoms with Crippen LogP contribution in [0.2, 0.25) is 0 Å². The zero-order valence-electron chi connectivity index (χ0n) is 5.89. The van der Waals surface area contributed by atoms with E-state index < -0.39 is 0 Å². The molecule has 1 amide bonds. The highest BCUT2D eigenvalue weighted by Crippen LogP contribution is 2.20. The lowest BCUT2D eigenvalue weighted by molar-refractivity contribution is -0.105. The third kappa shape index (κ3) is 1.02. The van der Waals surface area contributed by atoms with Crippen molar-refractivity contribution in [3.05, 3.63) is 12.4 Å². The number of hydrogen-bond acceptors (Lipinski definition) is 5. The molecule has 5 nitrogen and oxygen atoms in total. The van der Waals surface area contributed by atoms with Gasteiger partial charge in [-0.05, 0) is 11.5 Å². The number of nitrogens with zero attached hydrogens (tertiary/aromatic N) is 3. The molecule has 0 bridgehead atoms. The van der Waals surface area contributed by atoms with Crippen molar-refractivity contribution in [1.29, 1.82) is 0 Å². The molecule has 0 radical (unpaired) electrons. The number of hydrogen-bond donors (Lipinski definition) is 1. The Morgan fingerprint density at radius 3 is 3.08 bits per heavy atom. The lowest BCUT2D eigenvalue weighted by atomic mass is 10.5. The molecular formula is C6H4N4OS. The maximum atomic E-state index is 10.1. The van der Waals surface area contributed by atoms with E-state index in [2.05, 4.69) is 19.7 Å². The minimum absolute atomic E-state index is 0.470. The topological polar surface area (TPSA) is 67.8 Å². The van der Waals surface area contributed by atoms with Crippen LogP contribution in [-0.4, -0.2) is 20.8 Å². The Bertz CT molecular complexity index is 413. The molecule has 0 aliphatic carbocycles. The van der Waals surface area contributed by atoms with Gasteiger partial charge in [-0.15, -0.1) is 0 Å². The van der Waals surface area contributed by atoms with Crippen LogP contribution >= 0.6 is 11.5 Å². The number of aromatic nitrogens is 3. The van der Waals surface area contributed by atoms with Crippen LogP contribution < -0.4 is 5.32 Å². The number of fused-ring (bicyclic) bond motifs is 1. The Kier molecular flexibility index (Phi) is 1.67. The van der Waals surface area contributed by atoms with Gasteiger partial charge < -0.3 is 5.32 Å². The fourth-order valence-corrected chi connectivity index (χ4v) is 1.50. The summed E-state index contributed by atoms with van der Waals surface area (Å²) in [6.45, 7) is 0. The van der Waals surface area contributed by atoms with Crippen LogP contribution in [-0.2, 0) is 4.79 Å². The fraction of sp³-hybridized carbons (Fsp3) is 0. The average molecular weight is 180 g/mol. The van der Waals surface area contributed by atoms with Crippen molar-refractivity contribution < 1.29 is 4.79 Å². The van der Waals surface area contributed by atoms with Crippen LogP contribution in [0.1, 0.15) is 0 Å². The highest BCUT2D eigenvalue weighted by molar-refractivity contribution is 7.13. The van der Waals surface area contributed by atoms with Gasteiger partial charge in [-0.25, -0.2) is 9.97 Å². The van der Waals surface area contributed by atoms with Gasteiger partial charge in [-0.2, -0.15) is 4.37 Å². The molecule has 12 heavy (non-hydrogen) atoms. The second-order valence-electron chi connectivity index (χ2n) is 2.00. The third-order valence-corrected chi connectivity index (χ3v) is 2.05. The van der Waals surface area contributed by atoms with Crippen LogP contribution in [0.25, 0.3) is 10.3 Å². The van der Waals surface area contributed by atoms with Gasteiger partial charge >= 0.3 is 0 Å². The van der Waals surface area contributed by atoms with Crippen molar-refractivity contribution in [1.82, 2.24) is 14.3 Å². The Hall–Kier alpha value is -1.56. The van der Waals surface area contributed by atoms with E-state index in [0.717, 1.165) is 4.83 Å². The van der Waals surface area contributed by atoms with E-state index in [9.17, 15) is 4.79 Å². The van der Waals surface area contributed by atoms with Gasteiger partial charge in [0.15, 0.2) is 10.6 Å². The molecule has 2 heterocycles. The SMILES string of the molecule is O=CNc1nsc2nccnc12. The summed E-state index contributed by atoms with van der Waals surface area (Å²) in [6, 6.07) is 0. The third-order valence-electron chi connectivity index (χ3n) is 1.31. The average Bonchev–Trinajstić information content (AvgIpc) is 2.50. The standard InChI is InChI=1S/C6H4N4OS/c11-3-9-5-4-6(12-10-5)8-2-1-7-4/h1-3H,(H,9,10,11). The molecule has 0 saturated carbocycles. The van der Waals surface area contributed by atoms with Crippen LogP contribution in [0.15, 0.2) is 12.4 Å². The van der Waals surface area contributed by atoms with E-state index in [1.165, 1.54) is 11.5 Å². The van der Waals surface area contributed by atoms with Gasteiger partial charge in [0.2, 0.25) is 6.41 Å². The van der Waals surface area contributed by atoms with Crippen LogP contribution in [0.5, 0.6) is 0 Å². The maximum Gasteiger partial charge on any atom is 0.212 e. The number of nitrogens with one attached hydrogen (secondary N) is 1. The fourth-order valence-electron chi connectivity index (χ4n) is 0.837. The number of carbonyl (C=O) groups excluding carboxylic acids is 1.